The van der Waals surface area contributed by atoms with Crippen LogP contribution >= 0.6 is 46.6 Å². The van der Waals surface area contributed by atoms with Crippen LogP contribution in [0.1, 0.15) is 16.8 Å². The van der Waals surface area contributed by atoms with Crippen molar-refractivity contribution >= 4 is 80.3 Å². The van der Waals surface area contributed by atoms with Gasteiger partial charge in [0.05, 0.1) is 12.0 Å². The van der Waals surface area contributed by atoms with Crippen LogP contribution in [-0.4, -0.2) is 22.8 Å². The molecule has 5 rings (SSSR count). The summed E-state index contributed by atoms with van der Waals surface area (Å²) < 4.78 is 7.56. The Bertz CT molecular complexity index is 1580. The van der Waals surface area contributed by atoms with E-state index in [9.17, 15) is 4.79 Å². The first kappa shape index (κ1) is 24.8. The standard InChI is InChI=1S/C27H20Cl3N3O2S/c1-15-20(13-25-26(34)32-27(36-25)31-22-12-18(29)9-10-24(22)35-2)19-5-3-4-6-23(19)33(15)14-16-7-8-17(28)11-21(16)30/h3-13H,14H2,1-2H3,(H,31,32,34)/b25-13-. The highest BCUT2D eigenvalue weighted by Crippen LogP contribution is 2.36. The lowest BCUT2D eigenvalue weighted by Gasteiger charge is -2.10. The summed E-state index contributed by atoms with van der Waals surface area (Å²) >= 11 is 20.0. The van der Waals surface area contributed by atoms with Crippen LogP contribution in [-0.2, 0) is 11.3 Å². The molecule has 0 radical (unpaired) electrons. The molecule has 1 aliphatic rings. The van der Waals surface area contributed by atoms with Crippen molar-refractivity contribution in [1.29, 1.82) is 0 Å². The summed E-state index contributed by atoms with van der Waals surface area (Å²) in [6.45, 7) is 2.62. The summed E-state index contributed by atoms with van der Waals surface area (Å²) in [5.41, 5.74) is 4.54. The van der Waals surface area contributed by atoms with Crippen LogP contribution in [0, 0.1) is 6.92 Å². The number of nitrogens with one attached hydrogen (secondary N) is 1. The number of carbonyl (C=O) groups is 1. The molecule has 0 aliphatic carbocycles. The number of benzene rings is 3. The minimum absolute atomic E-state index is 0.211. The maximum atomic E-state index is 12.8. The van der Waals surface area contributed by atoms with E-state index in [2.05, 4.69) is 27.0 Å². The first-order valence-electron chi connectivity index (χ1n) is 11.0. The molecule has 1 aromatic heterocycles. The SMILES string of the molecule is COc1ccc(Cl)cc1N=C1NC(=O)/C(=C/c2c(C)n(Cc3ccc(Cl)cc3Cl)c3ccccc23)S1. The molecular weight excluding hydrogens is 537 g/mol. The molecule has 9 heteroatoms. The monoisotopic (exact) mass is 555 g/mol. The molecule has 5 nitrogen and oxygen atoms in total. The summed E-state index contributed by atoms with van der Waals surface area (Å²) in [6, 6.07) is 18.8. The molecule has 2 heterocycles. The van der Waals surface area contributed by atoms with Gasteiger partial charge in [-0.1, -0.05) is 59.1 Å². The fourth-order valence-electron chi connectivity index (χ4n) is 4.14. The van der Waals surface area contributed by atoms with Crippen molar-refractivity contribution in [3.8, 4) is 5.75 Å². The molecule has 1 saturated heterocycles. The maximum absolute atomic E-state index is 12.8. The number of amides is 1. The molecule has 36 heavy (non-hydrogen) atoms. The number of aliphatic imine (C=N–C) groups is 1. The van der Waals surface area contributed by atoms with Gasteiger partial charge in [-0.3, -0.25) is 4.79 Å². The van der Waals surface area contributed by atoms with Crippen LogP contribution in [0.15, 0.2) is 70.6 Å². The smallest absolute Gasteiger partial charge is 0.264 e. The fourth-order valence-corrected chi connectivity index (χ4v) is 5.59. The van der Waals surface area contributed by atoms with E-state index in [0.717, 1.165) is 27.7 Å². The van der Waals surface area contributed by atoms with Crippen LogP contribution in [0.2, 0.25) is 15.1 Å². The van der Waals surface area contributed by atoms with E-state index < -0.39 is 0 Å². The number of ether oxygens (including phenoxy) is 1. The molecule has 0 bridgehead atoms. The van der Waals surface area contributed by atoms with Gasteiger partial charge in [-0.2, -0.15) is 0 Å². The van der Waals surface area contributed by atoms with E-state index in [1.165, 1.54) is 11.8 Å². The Kier molecular flexibility index (Phi) is 7.04. The molecule has 0 unspecified atom stereocenters. The zero-order valence-corrected chi connectivity index (χ0v) is 22.4. The van der Waals surface area contributed by atoms with Crippen molar-refractivity contribution in [3.05, 3.63) is 97.5 Å². The number of carbonyl (C=O) groups excluding carboxylic acids is 1. The molecule has 182 valence electrons. The predicted octanol–water partition coefficient (Wildman–Crippen LogP) is 7.86. The second-order valence-corrected chi connectivity index (χ2v) is 10.4. The molecule has 0 spiro atoms. The van der Waals surface area contributed by atoms with E-state index in [4.69, 9.17) is 39.5 Å². The number of rotatable bonds is 5. The van der Waals surface area contributed by atoms with Crippen molar-refractivity contribution < 1.29 is 9.53 Å². The van der Waals surface area contributed by atoms with E-state index in [1.807, 2.05) is 37.3 Å². The van der Waals surface area contributed by atoms with Crippen LogP contribution in [0.25, 0.3) is 17.0 Å². The number of para-hydroxylation sites is 1. The van der Waals surface area contributed by atoms with E-state index in [0.29, 0.717) is 43.1 Å². The van der Waals surface area contributed by atoms with Gasteiger partial charge < -0.3 is 14.6 Å². The number of nitrogens with zero attached hydrogens (tertiary/aromatic N) is 2. The Morgan fingerprint density at radius 1 is 1.06 bits per heavy atom. The van der Waals surface area contributed by atoms with E-state index in [-0.39, 0.29) is 5.91 Å². The van der Waals surface area contributed by atoms with Gasteiger partial charge in [0.15, 0.2) is 5.17 Å². The molecule has 0 saturated carbocycles. The number of hydrogen-bond acceptors (Lipinski definition) is 4. The van der Waals surface area contributed by atoms with Crippen molar-refractivity contribution in [3.63, 3.8) is 0 Å². The normalized spacial score (nSPS) is 15.8. The third-order valence-electron chi connectivity index (χ3n) is 5.91. The molecule has 4 aromatic rings. The van der Waals surface area contributed by atoms with Gasteiger partial charge in [0.1, 0.15) is 11.4 Å². The molecule has 0 atom stereocenters. The van der Waals surface area contributed by atoms with Gasteiger partial charge in [-0.25, -0.2) is 4.99 Å². The number of hydrogen-bond donors (Lipinski definition) is 1. The third kappa shape index (κ3) is 4.87. The van der Waals surface area contributed by atoms with Gasteiger partial charge >= 0.3 is 0 Å². The Morgan fingerprint density at radius 3 is 2.58 bits per heavy atom. The number of halogens is 3. The lowest BCUT2D eigenvalue weighted by atomic mass is 10.1. The second-order valence-electron chi connectivity index (χ2n) is 8.14. The lowest BCUT2D eigenvalue weighted by molar-refractivity contribution is -0.115. The Morgan fingerprint density at radius 2 is 1.81 bits per heavy atom. The Labute approximate surface area is 227 Å². The highest BCUT2D eigenvalue weighted by molar-refractivity contribution is 8.18. The molecular formula is C27H20Cl3N3O2S. The van der Waals surface area contributed by atoms with Gasteiger partial charge in [0.25, 0.3) is 5.91 Å². The van der Waals surface area contributed by atoms with Crippen LogP contribution < -0.4 is 10.1 Å². The Balaban J connectivity index is 1.53. The summed E-state index contributed by atoms with van der Waals surface area (Å²) in [4.78, 5) is 18.0. The number of aromatic nitrogens is 1. The minimum Gasteiger partial charge on any atom is -0.494 e. The number of methoxy groups -OCH3 is 1. The molecule has 1 N–H and O–H groups in total. The average molecular weight is 557 g/mol. The zero-order chi connectivity index (χ0) is 25.4. The van der Waals surface area contributed by atoms with Crippen LogP contribution in [0.3, 0.4) is 0 Å². The largest absolute Gasteiger partial charge is 0.494 e. The van der Waals surface area contributed by atoms with Gasteiger partial charge in [0, 0.05) is 43.8 Å². The van der Waals surface area contributed by atoms with Crippen LogP contribution in [0.4, 0.5) is 5.69 Å². The zero-order valence-electron chi connectivity index (χ0n) is 19.3. The number of thioether (sulfide) groups is 1. The van der Waals surface area contributed by atoms with Crippen molar-refractivity contribution in [2.24, 2.45) is 4.99 Å². The van der Waals surface area contributed by atoms with E-state index in [1.54, 1.807) is 31.4 Å². The van der Waals surface area contributed by atoms with Gasteiger partial charge in [-0.15, -0.1) is 0 Å². The van der Waals surface area contributed by atoms with Crippen molar-refractivity contribution in [1.82, 2.24) is 9.88 Å². The second kappa shape index (κ2) is 10.2. The summed E-state index contributed by atoms with van der Waals surface area (Å²) in [5, 5.41) is 6.09. The number of amidine groups is 1. The van der Waals surface area contributed by atoms with Crippen molar-refractivity contribution in [2.75, 3.05) is 7.11 Å². The molecule has 1 aliphatic heterocycles. The average Bonchev–Trinajstić information content (AvgIpc) is 3.32. The topological polar surface area (TPSA) is 55.6 Å². The predicted molar refractivity (Wildman–Crippen MR) is 151 cm³/mol. The lowest BCUT2D eigenvalue weighted by Crippen LogP contribution is -2.19. The maximum Gasteiger partial charge on any atom is 0.264 e. The summed E-state index contributed by atoms with van der Waals surface area (Å²) in [5.74, 6) is 0.357. The summed E-state index contributed by atoms with van der Waals surface area (Å²) in [7, 11) is 1.56. The first-order chi connectivity index (χ1) is 17.3. The van der Waals surface area contributed by atoms with Gasteiger partial charge in [0.2, 0.25) is 0 Å². The first-order valence-corrected chi connectivity index (χ1v) is 12.9. The highest BCUT2D eigenvalue weighted by atomic mass is 35.5. The Hall–Kier alpha value is -2.90. The van der Waals surface area contributed by atoms with E-state index >= 15 is 0 Å². The van der Waals surface area contributed by atoms with Gasteiger partial charge in [-0.05, 0) is 66.7 Å². The quantitative estimate of drug-likeness (QED) is 0.255. The molecule has 1 amide bonds. The van der Waals surface area contributed by atoms with Crippen molar-refractivity contribution in [2.45, 2.75) is 13.5 Å². The fraction of sp³-hybridized carbons (Fsp3) is 0.111. The number of fused-ring (bicyclic) bond motifs is 1. The minimum atomic E-state index is -0.211. The third-order valence-corrected chi connectivity index (χ3v) is 7.64. The van der Waals surface area contributed by atoms with Crippen LogP contribution in [0.5, 0.6) is 5.75 Å². The molecule has 1 fully saturated rings. The summed E-state index contributed by atoms with van der Waals surface area (Å²) in [6.07, 6.45) is 1.91. The molecule has 3 aromatic carbocycles. The highest BCUT2D eigenvalue weighted by Gasteiger charge is 2.26.